The normalized spacial score (nSPS) is 14.0. The largest absolute Gasteiger partial charge is 0.497 e. The molecule has 2 N–H and O–H groups in total. The van der Waals surface area contributed by atoms with E-state index in [1.807, 2.05) is 13.8 Å². The Morgan fingerprint density at radius 1 is 0.970 bits per heavy atom. The first-order valence-electron chi connectivity index (χ1n) is 10.4. The molecular weight excluding hydrogens is 482 g/mol. The van der Waals surface area contributed by atoms with E-state index in [0.717, 1.165) is 11.3 Å². The SMILES string of the molecule is CCC(C)[C@H](NS(=O)(=O)c1ccc(Cl)s1)C(O)(c1ccc(OC)cc1)c1ccc(OC)cc1. The maximum Gasteiger partial charge on any atom is 0.250 e. The van der Waals surface area contributed by atoms with Gasteiger partial charge in [0, 0.05) is 0 Å². The van der Waals surface area contributed by atoms with E-state index in [1.165, 1.54) is 12.1 Å². The summed E-state index contributed by atoms with van der Waals surface area (Å²) in [5.74, 6) is 1.04. The third kappa shape index (κ3) is 5.36. The van der Waals surface area contributed by atoms with Crippen LogP contribution in [-0.2, 0) is 15.6 Å². The standard InChI is InChI=1S/C24H28ClNO5S2/c1-5-16(2)23(26-33(28,29)22-15-14-21(25)32-22)24(27,17-6-10-19(30-3)11-7-17)18-8-12-20(31-4)13-9-18/h6-16,23,26-27H,5H2,1-4H3/t16?,23-/m0/s1. The molecule has 2 atom stereocenters. The molecule has 3 aromatic rings. The molecule has 0 bridgehead atoms. The molecule has 0 saturated heterocycles. The van der Waals surface area contributed by atoms with Crippen LogP contribution in [-0.4, -0.2) is 33.8 Å². The van der Waals surface area contributed by atoms with Crippen molar-refractivity contribution >= 4 is 33.0 Å². The van der Waals surface area contributed by atoms with Crippen molar-refractivity contribution in [3.8, 4) is 11.5 Å². The van der Waals surface area contributed by atoms with Crippen molar-refractivity contribution in [2.45, 2.75) is 36.1 Å². The molecule has 0 fully saturated rings. The van der Waals surface area contributed by atoms with E-state index in [9.17, 15) is 13.5 Å². The minimum absolute atomic E-state index is 0.0904. The van der Waals surface area contributed by atoms with Gasteiger partial charge in [-0.25, -0.2) is 13.1 Å². The Kier molecular flexibility index (Phi) is 8.08. The Morgan fingerprint density at radius 3 is 1.82 bits per heavy atom. The van der Waals surface area contributed by atoms with Crippen LogP contribution in [0.2, 0.25) is 4.34 Å². The molecule has 1 heterocycles. The second-order valence-corrected chi connectivity index (χ2v) is 11.4. The van der Waals surface area contributed by atoms with Gasteiger partial charge < -0.3 is 14.6 Å². The minimum atomic E-state index is -3.94. The van der Waals surface area contributed by atoms with Gasteiger partial charge in [0.15, 0.2) is 0 Å². The fourth-order valence-electron chi connectivity index (χ4n) is 3.73. The summed E-state index contributed by atoms with van der Waals surface area (Å²) in [5.41, 5.74) is -0.612. The molecule has 1 unspecified atom stereocenters. The zero-order chi connectivity index (χ0) is 24.2. The summed E-state index contributed by atoms with van der Waals surface area (Å²) < 4.78 is 40.3. The third-order valence-electron chi connectivity index (χ3n) is 5.82. The lowest BCUT2D eigenvalue weighted by Gasteiger charge is -2.40. The average Bonchev–Trinajstić information content (AvgIpc) is 3.29. The van der Waals surface area contributed by atoms with Crippen molar-refractivity contribution in [1.82, 2.24) is 4.72 Å². The number of aliphatic hydroxyl groups is 1. The maximum atomic E-state index is 13.3. The van der Waals surface area contributed by atoms with Crippen molar-refractivity contribution in [3.05, 3.63) is 76.1 Å². The molecule has 0 saturated carbocycles. The maximum absolute atomic E-state index is 13.3. The quantitative estimate of drug-likeness (QED) is 0.399. The van der Waals surface area contributed by atoms with Crippen molar-refractivity contribution in [2.75, 3.05) is 14.2 Å². The highest BCUT2D eigenvalue weighted by molar-refractivity contribution is 7.91. The first-order valence-corrected chi connectivity index (χ1v) is 13.1. The van der Waals surface area contributed by atoms with E-state index >= 15 is 0 Å². The van der Waals surface area contributed by atoms with Gasteiger partial charge in [0.1, 0.15) is 21.3 Å². The zero-order valence-electron chi connectivity index (χ0n) is 18.9. The molecule has 0 radical (unpaired) electrons. The van der Waals surface area contributed by atoms with Gasteiger partial charge in [-0.15, -0.1) is 11.3 Å². The topological polar surface area (TPSA) is 84.9 Å². The van der Waals surface area contributed by atoms with Crippen LogP contribution >= 0.6 is 22.9 Å². The van der Waals surface area contributed by atoms with Crippen LogP contribution in [0, 0.1) is 5.92 Å². The van der Waals surface area contributed by atoms with Gasteiger partial charge in [0.05, 0.1) is 24.6 Å². The van der Waals surface area contributed by atoms with Gasteiger partial charge in [-0.1, -0.05) is 56.1 Å². The molecule has 0 aliphatic rings. The number of hydrogen-bond acceptors (Lipinski definition) is 6. The van der Waals surface area contributed by atoms with Gasteiger partial charge in [0.2, 0.25) is 10.0 Å². The van der Waals surface area contributed by atoms with E-state index in [1.54, 1.807) is 62.8 Å². The first-order chi connectivity index (χ1) is 15.6. The number of thiophene rings is 1. The Morgan fingerprint density at radius 2 is 1.45 bits per heavy atom. The van der Waals surface area contributed by atoms with Crippen LogP contribution in [0.25, 0.3) is 0 Å². The Balaban J connectivity index is 2.18. The number of methoxy groups -OCH3 is 2. The van der Waals surface area contributed by atoms with Crippen LogP contribution in [0.3, 0.4) is 0 Å². The third-order valence-corrected chi connectivity index (χ3v) is 8.98. The monoisotopic (exact) mass is 509 g/mol. The Labute approximate surface area is 204 Å². The second-order valence-electron chi connectivity index (χ2n) is 7.77. The number of ether oxygens (including phenoxy) is 2. The minimum Gasteiger partial charge on any atom is -0.497 e. The molecule has 0 spiro atoms. The van der Waals surface area contributed by atoms with Gasteiger partial charge in [0.25, 0.3) is 0 Å². The molecule has 0 aliphatic carbocycles. The smallest absolute Gasteiger partial charge is 0.250 e. The molecule has 6 nitrogen and oxygen atoms in total. The highest BCUT2D eigenvalue weighted by Crippen LogP contribution is 2.39. The van der Waals surface area contributed by atoms with Crippen molar-refractivity contribution in [3.63, 3.8) is 0 Å². The Bertz CT molecular complexity index is 1110. The zero-order valence-corrected chi connectivity index (χ0v) is 21.3. The van der Waals surface area contributed by atoms with Gasteiger partial charge >= 0.3 is 0 Å². The molecule has 33 heavy (non-hydrogen) atoms. The molecule has 3 rings (SSSR count). The number of benzene rings is 2. The van der Waals surface area contributed by atoms with E-state index in [-0.39, 0.29) is 10.1 Å². The van der Waals surface area contributed by atoms with Crippen molar-refractivity contribution < 1.29 is 23.0 Å². The first kappa shape index (κ1) is 25.5. The van der Waals surface area contributed by atoms with Crippen LogP contribution < -0.4 is 14.2 Å². The molecule has 178 valence electrons. The molecule has 0 aliphatic heterocycles. The number of sulfonamides is 1. The molecular formula is C24H28ClNO5S2. The predicted octanol–water partition coefficient (Wildman–Crippen LogP) is 5.05. The van der Waals surface area contributed by atoms with E-state index < -0.39 is 21.7 Å². The lowest BCUT2D eigenvalue weighted by molar-refractivity contribution is 0.0246. The fourth-order valence-corrected chi connectivity index (χ4v) is 6.60. The second kappa shape index (κ2) is 10.4. The number of rotatable bonds is 10. The highest BCUT2D eigenvalue weighted by Gasteiger charge is 2.45. The van der Waals surface area contributed by atoms with Crippen LogP contribution in [0.4, 0.5) is 0 Å². The summed E-state index contributed by atoms with van der Waals surface area (Å²) in [7, 11) is -0.819. The van der Waals surface area contributed by atoms with E-state index in [4.69, 9.17) is 21.1 Å². The fraction of sp³-hybridized carbons (Fsp3) is 0.333. The summed E-state index contributed by atoms with van der Waals surface area (Å²) in [5, 5.41) is 12.3. The van der Waals surface area contributed by atoms with Gasteiger partial charge in [-0.05, 0) is 53.4 Å². The lowest BCUT2D eigenvalue weighted by atomic mass is 9.75. The number of nitrogens with one attached hydrogen (secondary N) is 1. The molecule has 0 amide bonds. The molecule has 2 aromatic carbocycles. The van der Waals surface area contributed by atoms with Gasteiger partial charge in [-0.2, -0.15) is 0 Å². The molecule has 9 heteroatoms. The highest BCUT2D eigenvalue weighted by atomic mass is 35.5. The van der Waals surface area contributed by atoms with Gasteiger partial charge in [-0.3, -0.25) is 0 Å². The van der Waals surface area contributed by atoms with E-state index in [2.05, 4.69) is 4.72 Å². The summed E-state index contributed by atoms with van der Waals surface area (Å²) in [6.07, 6.45) is 0.632. The van der Waals surface area contributed by atoms with Crippen molar-refractivity contribution in [1.29, 1.82) is 0 Å². The molecule has 1 aromatic heterocycles. The Hall–Kier alpha value is -2.10. The average molecular weight is 510 g/mol. The van der Waals surface area contributed by atoms with Crippen LogP contribution in [0.5, 0.6) is 11.5 Å². The lowest BCUT2D eigenvalue weighted by Crippen LogP contribution is -2.54. The number of halogens is 1. The summed E-state index contributed by atoms with van der Waals surface area (Å²) in [6, 6.07) is 16.1. The van der Waals surface area contributed by atoms with Crippen LogP contribution in [0.1, 0.15) is 31.4 Å². The number of hydrogen-bond donors (Lipinski definition) is 2. The van der Waals surface area contributed by atoms with E-state index in [0.29, 0.717) is 33.4 Å². The van der Waals surface area contributed by atoms with Crippen molar-refractivity contribution in [2.24, 2.45) is 5.92 Å². The summed E-state index contributed by atoms with van der Waals surface area (Å²) in [4.78, 5) is 0. The summed E-state index contributed by atoms with van der Waals surface area (Å²) >= 11 is 6.95. The summed E-state index contributed by atoms with van der Waals surface area (Å²) in [6.45, 7) is 3.86. The van der Waals surface area contributed by atoms with Crippen LogP contribution in [0.15, 0.2) is 64.9 Å². The predicted molar refractivity (Wildman–Crippen MR) is 132 cm³/mol.